The van der Waals surface area contributed by atoms with E-state index < -0.39 is 8.25 Å². The van der Waals surface area contributed by atoms with Crippen molar-refractivity contribution in [2.24, 2.45) is 0 Å². The van der Waals surface area contributed by atoms with E-state index in [1.54, 1.807) is 0 Å². The first kappa shape index (κ1) is 6.76. The van der Waals surface area contributed by atoms with Gasteiger partial charge in [0.25, 0.3) is 0 Å². The van der Waals surface area contributed by atoms with Crippen molar-refractivity contribution in [3.63, 3.8) is 0 Å². The lowest BCUT2D eigenvalue weighted by Crippen LogP contribution is -1.75. The van der Waals surface area contributed by atoms with Crippen molar-refractivity contribution in [2.75, 3.05) is 6.61 Å². The van der Waals surface area contributed by atoms with Gasteiger partial charge in [0, 0.05) is 0 Å². The molecule has 0 aliphatic carbocycles. The third-order valence-corrected chi connectivity index (χ3v) is 0.673. The molecule has 7 heavy (non-hydrogen) atoms. The maximum Gasteiger partial charge on any atom is 0.366 e. The van der Waals surface area contributed by atoms with E-state index in [4.69, 9.17) is 4.89 Å². The van der Waals surface area contributed by atoms with Crippen LogP contribution in [-0.2, 0) is 9.09 Å². The van der Waals surface area contributed by atoms with Gasteiger partial charge in [-0.05, 0) is 0 Å². The van der Waals surface area contributed by atoms with Crippen LogP contribution in [0.1, 0.15) is 0 Å². The first-order valence-electron chi connectivity index (χ1n) is 1.67. The largest absolute Gasteiger partial charge is 0.366 e. The minimum Gasteiger partial charge on any atom is -0.298 e. The molecule has 0 heterocycles. The SMILES string of the molecule is C=CCO[P](=O)O. The summed E-state index contributed by atoms with van der Waals surface area (Å²) < 4.78 is 13.8. The quantitative estimate of drug-likeness (QED) is 0.444. The first-order valence-corrected chi connectivity index (χ1v) is 2.80. The van der Waals surface area contributed by atoms with Crippen LogP contribution in [0.2, 0.25) is 0 Å². The standard InChI is InChI=1S/C3H6O3P/c1-2-3-6-7(4)5/h2H,1,3H2,(H,4,5). The topological polar surface area (TPSA) is 46.5 Å². The van der Waals surface area contributed by atoms with Gasteiger partial charge in [-0.2, -0.15) is 0 Å². The lowest BCUT2D eigenvalue weighted by molar-refractivity contribution is 0.312. The second-order valence-corrected chi connectivity index (χ2v) is 1.56. The molecule has 0 amide bonds. The molecule has 0 aromatic rings. The van der Waals surface area contributed by atoms with Gasteiger partial charge in [0.15, 0.2) is 0 Å². The number of hydrogen-bond acceptors (Lipinski definition) is 2. The fourth-order valence-corrected chi connectivity index (χ4v) is 0.349. The van der Waals surface area contributed by atoms with E-state index in [0.717, 1.165) is 0 Å². The van der Waals surface area contributed by atoms with Crippen LogP contribution in [0.25, 0.3) is 0 Å². The molecule has 0 saturated carbocycles. The van der Waals surface area contributed by atoms with E-state index in [1.807, 2.05) is 0 Å². The highest BCUT2D eigenvalue weighted by atomic mass is 31.1. The van der Waals surface area contributed by atoms with E-state index in [9.17, 15) is 4.57 Å². The molecule has 1 radical (unpaired) electrons. The Morgan fingerprint density at radius 1 is 2.00 bits per heavy atom. The third kappa shape index (κ3) is 5.76. The van der Waals surface area contributed by atoms with Crippen molar-refractivity contribution in [1.82, 2.24) is 0 Å². The van der Waals surface area contributed by atoms with Crippen LogP contribution in [0.5, 0.6) is 0 Å². The summed E-state index contributed by atoms with van der Waals surface area (Å²) in [6, 6.07) is 0. The van der Waals surface area contributed by atoms with Crippen molar-refractivity contribution >= 4 is 8.25 Å². The maximum atomic E-state index is 9.64. The highest BCUT2D eigenvalue weighted by Gasteiger charge is 1.86. The molecule has 0 spiro atoms. The van der Waals surface area contributed by atoms with Crippen LogP contribution in [0.15, 0.2) is 12.7 Å². The van der Waals surface area contributed by atoms with E-state index in [1.165, 1.54) is 6.08 Å². The summed E-state index contributed by atoms with van der Waals surface area (Å²) in [6.07, 6.45) is 1.41. The van der Waals surface area contributed by atoms with Gasteiger partial charge < -0.3 is 0 Å². The maximum absolute atomic E-state index is 9.64. The van der Waals surface area contributed by atoms with Gasteiger partial charge in [0.2, 0.25) is 0 Å². The van der Waals surface area contributed by atoms with Crippen LogP contribution in [0.4, 0.5) is 0 Å². The molecule has 0 bridgehead atoms. The number of rotatable bonds is 3. The molecule has 0 aromatic carbocycles. The van der Waals surface area contributed by atoms with Crippen LogP contribution in [-0.4, -0.2) is 11.5 Å². The average Bonchev–Trinajstić information content (AvgIpc) is 1.61. The Morgan fingerprint density at radius 3 is 2.71 bits per heavy atom. The van der Waals surface area contributed by atoms with Gasteiger partial charge in [0.1, 0.15) is 0 Å². The zero-order chi connectivity index (χ0) is 5.70. The zero-order valence-electron chi connectivity index (χ0n) is 3.70. The third-order valence-electron chi connectivity index (χ3n) is 0.303. The summed E-state index contributed by atoms with van der Waals surface area (Å²) >= 11 is 0. The Balaban J connectivity index is 2.97. The molecule has 1 atom stereocenters. The Hall–Kier alpha value is -0.240. The molecule has 0 rings (SSSR count). The van der Waals surface area contributed by atoms with Crippen LogP contribution in [0, 0.1) is 0 Å². The number of hydrogen-bond donors (Lipinski definition) is 1. The fraction of sp³-hybridized carbons (Fsp3) is 0.333. The Kier molecular flexibility index (Phi) is 3.80. The molecular weight excluding hydrogens is 115 g/mol. The predicted molar refractivity (Wildman–Crippen MR) is 26.0 cm³/mol. The van der Waals surface area contributed by atoms with Gasteiger partial charge in [-0.15, -0.1) is 6.58 Å². The second kappa shape index (κ2) is 3.93. The Morgan fingerprint density at radius 2 is 2.57 bits per heavy atom. The summed E-state index contributed by atoms with van der Waals surface area (Å²) in [5, 5.41) is 0. The second-order valence-electron chi connectivity index (χ2n) is 0.822. The summed E-state index contributed by atoms with van der Waals surface area (Å²) in [7, 11) is -2.43. The predicted octanol–water partition coefficient (Wildman–Crippen LogP) is 0.839. The molecule has 0 aliphatic rings. The van der Waals surface area contributed by atoms with E-state index in [2.05, 4.69) is 11.1 Å². The van der Waals surface area contributed by atoms with Crippen molar-refractivity contribution in [3.8, 4) is 0 Å². The molecule has 1 unspecified atom stereocenters. The molecular formula is C3H6O3P. The summed E-state index contributed by atoms with van der Waals surface area (Å²) in [4.78, 5) is 7.92. The van der Waals surface area contributed by atoms with E-state index >= 15 is 0 Å². The van der Waals surface area contributed by atoms with Gasteiger partial charge in [-0.25, -0.2) is 4.57 Å². The summed E-state index contributed by atoms with van der Waals surface area (Å²) in [5.41, 5.74) is 0. The summed E-state index contributed by atoms with van der Waals surface area (Å²) in [6.45, 7) is 3.40. The van der Waals surface area contributed by atoms with Gasteiger partial charge in [-0.1, -0.05) is 6.08 Å². The molecule has 1 N–H and O–H groups in total. The van der Waals surface area contributed by atoms with Crippen LogP contribution in [0.3, 0.4) is 0 Å². The molecule has 0 aliphatic heterocycles. The van der Waals surface area contributed by atoms with Crippen LogP contribution < -0.4 is 0 Å². The zero-order valence-corrected chi connectivity index (χ0v) is 4.60. The van der Waals surface area contributed by atoms with Gasteiger partial charge >= 0.3 is 8.25 Å². The lowest BCUT2D eigenvalue weighted by atomic mass is 10.7. The minimum absolute atomic E-state index is 0.131. The molecule has 4 heteroatoms. The molecule has 41 valence electrons. The molecule has 0 fully saturated rings. The highest BCUT2D eigenvalue weighted by molar-refractivity contribution is 7.32. The Labute approximate surface area is 42.6 Å². The van der Waals surface area contributed by atoms with Crippen molar-refractivity contribution < 1.29 is 14.0 Å². The van der Waals surface area contributed by atoms with Gasteiger partial charge in [0.05, 0.1) is 6.61 Å². The van der Waals surface area contributed by atoms with Crippen molar-refractivity contribution in [2.45, 2.75) is 0 Å². The van der Waals surface area contributed by atoms with Crippen molar-refractivity contribution in [3.05, 3.63) is 12.7 Å². The van der Waals surface area contributed by atoms with E-state index in [0.29, 0.717) is 0 Å². The normalized spacial score (nSPS) is 10.7. The lowest BCUT2D eigenvalue weighted by Gasteiger charge is -1.85. The van der Waals surface area contributed by atoms with Gasteiger partial charge in [-0.3, -0.25) is 9.42 Å². The molecule has 3 nitrogen and oxygen atoms in total. The fourth-order valence-electron chi connectivity index (χ4n) is 0.116. The highest BCUT2D eigenvalue weighted by Crippen LogP contribution is 2.12. The smallest absolute Gasteiger partial charge is 0.298 e. The van der Waals surface area contributed by atoms with Crippen molar-refractivity contribution in [1.29, 1.82) is 0 Å². The van der Waals surface area contributed by atoms with Crippen LogP contribution >= 0.6 is 8.25 Å². The molecule has 0 saturated heterocycles. The summed E-state index contributed by atoms with van der Waals surface area (Å²) in [5.74, 6) is 0. The van der Waals surface area contributed by atoms with E-state index in [-0.39, 0.29) is 6.61 Å². The average molecular weight is 121 g/mol. The Bertz CT molecular complexity index is 80.2. The molecule has 0 aromatic heterocycles. The monoisotopic (exact) mass is 121 g/mol. The first-order chi connectivity index (χ1) is 3.27. The minimum atomic E-state index is -2.43.